The maximum absolute atomic E-state index is 12.2. The first-order valence-corrected chi connectivity index (χ1v) is 8.12. The van der Waals surface area contributed by atoms with Crippen LogP contribution in [0, 0.1) is 0 Å². The molecule has 6 nitrogen and oxygen atoms in total. The summed E-state index contributed by atoms with van der Waals surface area (Å²) in [6.45, 7) is 0. The second-order valence-corrected chi connectivity index (χ2v) is 6.82. The van der Waals surface area contributed by atoms with Crippen LogP contribution in [0.5, 0.6) is 0 Å². The van der Waals surface area contributed by atoms with Crippen LogP contribution in [0.1, 0.15) is 10.4 Å². The standard InChI is InChI=1S/C12H8BrClN2O4S/c13-11-4-1-7(6-15-11)16-21(19,20)8-2-3-10(14)9(5-8)12(17)18/h1-6,16H,(H,17,18). The third-order valence-electron chi connectivity index (χ3n) is 2.46. The van der Waals surface area contributed by atoms with E-state index in [9.17, 15) is 13.2 Å². The average molecular weight is 392 g/mol. The van der Waals surface area contributed by atoms with Gasteiger partial charge >= 0.3 is 5.97 Å². The van der Waals surface area contributed by atoms with Gasteiger partial charge in [-0.05, 0) is 46.3 Å². The van der Waals surface area contributed by atoms with Crippen LogP contribution in [-0.2, 0) is 10.0 Å². The molecule has 0 unspecified atom stereocenters. The number of halogens is 2. The van der Waals surface area contributed by atoms with Gasteiger partial charge in [0.05, 0.1) is 27.4 Å². The van der Waals surface area contributed by atoms with E-state index in [1.807, 2.05) is 0 Å². The van der Waals surface area contributed by atoms with Gasteiger partial charge in [-0.3, -0.25) is 4.72 Å². The maximum Gasteiger partial charge on any atom is 0.337 e. The lowest BCUT2D eigenvalue weighted by molar-refractivity contribution is 0.0697. The highest BCUT2D eigenvalue weighted by atomic mass is 79.9. The number of aromatic nitrogens is 1. The van der Waals surface area contributed by atoms with E-state index in [-0.39, 0.29) is 21.2 Å². The van der Waals surface area contributed by atoms with Crippen LogP contribution in [0.15, 0.2) is 46.0 Å². The van der Waals surface area contributed by atoms with E-state index in [2.05, 4.69) is 25.6 Å². The molecule has 0 saturated heterocycles. The van der Waals surface area contributed by atoms with Gasteiger partial charge in [0.1, 0.15) is 4.60 Å². The molecule has 1 aromatic carbocycles. The number of sulfonamides is 1. The van der Waals surface area contributed by atoms with Crippen molar-refractivity contribution in [2.45, 2.75) is 4.90 Å². The van der Waals surface area contributed by atoms with Gasteiger partial charge in [-0.2, -0.15) is 0 Å². The highest BCUT2D eigenvalue weighted by Gasteiger charge is 2.18. The van der Waals surface area contributed by atoms with E-state index in [1.54, 1.807) is 6.07 Å². The Balaban J connectivity index is 2.38. The topological polar surface area (TPSA) is 96.4 Å². The summed E-state index contributed by atoms with van der Waals surface area (Å²) in [6.07, 6.45) is 1.33. The lowest BCUT2D eigenvalue weighted by Gasteiger charge is -2.09. The number of carboxylic acids is 1. The lowest BCUT2D eigenvalue weighted by Crippen LogP contribution is -2.14. The molecular weight excluding hydrogens is 384 g/mol. The van der Waals surface area contributed by atoms with Crippen LogP contribution in [0.2, 0.25) is 5.02 Å². The second-order valence-electron chi connectivity index (χ2n) is 3.92. The van der Waals surface area contributed by atoms with Crippen LogP contribution in [-0.4, -0.2) is 24.5 Å². The Morgan fingerprint density at radius 2 is 2.00 bits per heavy atom. The molecule has 21 heavy (non-hydrogen) atoms. The predicted molar refractivity (Wildman–Crippen MR) is 81.2 cm³/mol. The normalized spacial score (nSPS) is 11.1. The monoisotopic (exact) mass is 390 g/mol. The van der Waals surface area contributed by atoms with Crippen molar-refractivity contribution in [3.63, 3.8) is 0 Å². The first-order chi connectivity index (χ1) is 9.79. The van der Waals surface area contributed by atoms with Gasteiger partial charge in [0.15, 0.2) is 0 Å². The summed E-state index contributed by atoms with van der Waals surface area (Å²) in [6, 6.07) is 6.53. The zero-order valence-corrected chi connectivity index (χ0v) is 13.4. The smallest absolute Gasteiger partial charge is 0.337 e. The summed E-state index contributed by atoms with van der Waals surface area (Å²) in [5.74, 6) is -1.30. The fraction of sp³-hybridized carbons (Fsp3) is 0. The molecule has 0 saturated carbocycles. The molecule has 110 valence electrons. The van der Waals surface area contributed by atoms with E-state index < -0.39 is 16.0 Å². The third-order valence-corrected chi connectivity index (χ3v) is 4.64. The number of anilines is 1. The highest BCUT2D eigenvalue weighted by Crippen LogP contribution is 2.22. The molecule has 0 radical (unpaired) electrons. The Bertz CT molecular complexity index is 793. The summed E-state index contributed by atoms with van der Waals surface area (Å²) in [4.78, 5) is 14.7. The van der Waals surface area contributed by atoms with E-state index >= 15 is 0 Å². The molecule has 0 aliphatic rings. The Labute approximate surface area is 134 Å². The van der Waals surface area contributed by atoms with E-state index in [4.69, 9.17) is 16.7 Å². The van der Waals surface area contributed by atoms with Crippen molar-refractivity contribution in [3.8, 4) is 0 Å². The van der Waals surface area contributed by atoms with Gasteiger partial charge < -0.3 is 5.11 Å². The van der Waals surface area contributed by atoms with E-state index in [0.29, 0.717) is 4.60 Å². The Morgan fingerprint density at radius 3 is 2.57 bits per heavy atom. The van der Waals surface area contributed by atoms with Crippen LogP contribution in [0.4, 0.5) is 5.69 Å². The number of pyridine rings is 1. The van der Waals surface area contributed by atoms with E-state index in [1.165, 1.54) is 24.4 Å². The van der Waals surface area contributed by atoms with Gasteiger partial charge in [0.25, 0.3) is 10.0 Å². The zero-order chi connectivity index (χ0) is 15.6. The summed E-state index contributed by atoms with van der Waals surface area (Å²) in [7, 11) is -3.93. The molecule has 2 aromatic rings. The molecule has 0 spiro atoms. The fourth-order valence-corrected chi connectivity index (χ4v) is 2.99. The molecule has 2 rings (SSSR count). The van der Waals surface area contributed by atoms with Crippen molar-refractivity contribution in [3.05, 3.63) is 51.7 Å². The number of nitrogens with zero attached hydrogens (tertiary/aromatic N) is 1. The number of carboxylic acid groups (broad SMARTS) is 1. The molecule has 1 aromatic heterocycles. The predicted octanol–water partition coefficient (Wildman–Crippen LogP) is 3.00. The highest BCUT2D eigenvalue weighted by molar-refractivity contribution is 9.10. The number of aromatic carboxylic acids is 1. The third kappa shape index (κ3) is 3.72. The maximum atomic E-state index is 12.2. The second kappa shape index (κ2) is 6.00. The van der Waals surface area contributed by atoms with E-state index in [0.717, 1.165) is 6.07 Å². The SMILES string of the molecule is O=C(O)c1cc(S(=O)(=O)Nc2ccc(Br)nc2)ccc1Cl. The molecule has 0 fully saturated rings. The Morgan fingerprint density at radius 1 is 1.29 bits per heavy atom. The van der Waals surface area contributed by atoms with Gasteiger partial charge in [0, 0.05) is 0 Å². The molecule has 2 N–H and O–H groups in total. The summed E-state index contributed by atoms with van der Waals surface area (Å²) in [5, 5.41) is 8.93. The largest absolute Gasteiger partial charge is 0.478 e. The van der Waals surface area contributed by atoms with Crippen molar-refractivity contribution < 1.29 is 18.3 Å². The van der Waals surface area contributed by atoms with Crippen LogP contribution in [0.3, 0.4) is 0 Å². The molecule has 0 amide bonds. The van der Waals surface area contributed by atoms with Crippen molar-refractivity contribution in [1.29, 1.82) is 0 Å². The molecule has 9 heteroatoms. The van der Waals surface area contributed by atoms with Gasteiger partial charge in [-0.15, -0.1) is 0 Å². The van der Waals surface area contributed by atoms with Crippen LogP contribution < -0.4 is 4.72 Å². The van der Waals surface area contributed by atoms with Gasteiger partial charge in [0.2, 0.25) is 0 Å². The first-order valence-electron chi connectivity index (χ1n) is 5.47. The molecule has 0 aliphatic carbocycles. The number of hydrogen-bond acceptors (Lipinski definition) is 4. The van der Waals surface area contributed by atoms with Crippen LogP contribution in [0.25, 0.3) is 0 Å². The van der Waals surface area contributed by atoms with Crippen molar-refractivity contribution in [2.75, 3.05) is 4.72 Å². The quantitative estimate of drug-likeness (QED) is 0.781. The molecule has 1 heterocycles. The minimum absolute atomic E-state index is 0.0354. The molecular formula is C12H8BrClN2O4S. The number of rotatable bonds is 4. The first kappa shape index (κ1) is 15.7. The zero-order valence-electron chi connectivity index (χ0n) is 10.2. The van der Waals surface area contributed by atoms with Crippen molar-refractivity contribution in [1.82, 2.24) is 4.98 Å². The Kier molecular flexibility index (Phi) is 4.50. The lowest BCUT2D eigenvalue weighted by atomic mass is 10.2. The number of hydrogen-bond donors (Lipinski definition) is 2. The Hall–Kier alpha value is -1.64. The molecule has 0 bridgehead atoms. The molecule has 0 atom stereocenters. The van der Waals surface area contributed by atoms with Gasteiger partial charge in [-0.25, -0.2) is 18.2 Å². The summed E-state index contributed by atoms with van der Waals surface area (Å²) in [5.41, 5.74) is -0.0292. The molecule has 0 aliphatic heterocycles. The fourth-order valence-electron chi connectivity index (χ4n) is 1.49. The van der Waals surface area contributed by atoms with Crippen LogP contribution >= 0.6 is 27.5 Å². The summed E-state index contributed by atoms with van der Waals surface area (Å²) >= 11 is 8.84. The minimum atomic E-state index is -3.93. The number of benzene rings is 1. The average Bonchev–Trinajstić information content (AvgIpc) is 2.41. The van der Waals surface area contributed by atoms with Crippen molar-refractivity contribution in [2.24, 2.45) is 0 Å². The summed E-state index contributed by atoms with van der Waals surface area (Å²) < 4.78 is 27.2. The number of nitrogens with one attached hydrogen (secondary N) is 1. The minimum Gasteiger partial charge on any atom is -0.478 e. The van der Waals surface area contributed by atoms with Gasteiger partial charge in [-0.1, -0.05) is 11.6 Å². The van der Waals surface area contributed by atoms with Crippen molar-refractivity contribution >= 4 is 49.2 Å². The number of carbonyl (C=O) groups is 1.